The van der Waals surface area contributed by atoms with Crippen LogP contribution in [-0.4, -0.2) is 95.8 Å². The van der Waals surface area contributed by atoms with Crippen molar-refractivity contribution in [1.29, 1.82) is 0 Å². The molecule has 2 aromatic carbocycles. The molecule has 3 amide bonds. The van der Waals surface area contributed by atoms with E-state index in [1.807, 2.05) is 49.3 Å². The zero-order valence-corrected chi connectivity index (χ0v) is 25.6. The number of likely N-dealkylation sites (tertiary alicyclic amines) is 1. The smallest absolute Gasteiger partial charge is 0.327 e. The summed E-state index contributed by atoms with van der Waals surface area (Å²) in [6, 6.07) is 7.68. The molecule has 42 heavy (non-hydrogen) atoms. The average molecular weight is 600 g/mol. The number of fused-ring (bicyclic) bond motifs is 1. The summed E-state index contributed by atoms with van der Waals surface area (Å²) in [7, 11) is 3.92. The van der Waals surface area contributed by atoms with Crippen LogP contribution in [0.2, 0.25) is 0 Å². The lowest BCUT2D eigenvalue weighted by atomic mass is 10.0. The van der Waals surface area contributed by atoms with E-state index in [-0.39, 0.29) is 23.2 Å². The van der Waals surface area contributed by atoms with Gasteiger partial charge in [0.15, 0.2) is 5.78 Å². The van der Waals surface area contributed by atoms with Crippen molar-refractivity contribution in [3.8, 4) is 0 Å². The predicted octanol–water partition coefficient (Wildman–Crippen LogP) is 1.87. The number of rotatable bonds is 13. The van der Waals surface area contributed by atoms with Gasteiger partial charge in [0.05, 0.1) is 11.8 Å². The van der Waals surface area contributed by atoms with Gasteiger partial charge in [-0.1, -0.05) is 32.0 Å². The normalized spacial score (nSPS) is 17.0. The Kier molecular flexibility index (Phi) is 11.3. The summed E-state index contributed by atoms with van der Waals surface area (Å²) in [6.07, 6.45) is 0.943. The van der Waals surface area contributed by atoms with E-state index in [2.05, 4.69) is 10.6 Å². The van der Waals surface area contributed by atoms with E-state index in [0.717, 1.165) is 28.2 Å². The number of anilines is 1. The van der Waals surface area contributed by atoms with Gasteiger partial charge in [-0.15, -0.1) is 0 Å². The van der Waals surface area contributed by atoms with Crippen LogP contribution in [0, 0.1) is 5.92 Å². The van der Waals surface area contributed by atoms with Gasteiger partial charge in [0.2, 0.25) is 17.7 Å². The molecule has 0 saturated carbocycles. The van der Waals surface area contributed by atoms with Crippen molar-refractivity contribution in [2.24, 2.45) is 11.7 Å². The minimum absolute atomic E-state index is 0.0215. The molecular weight excluding hydrogens is 558 g/mol. The van der Waals surface area contributed by atoms with E-state index in [0.29, 0.717) is 24.9 Å². The molecule has 1 aliphatic heterocycles. The summed E-state index contributed by atoms with van der Waals surface area (Å²) in [5.74, 6) is -3.05. The topological polar surface area (TPSA) is 162 Å². The standard InChI is InChI=1S/C30H41N5O6S/c1-17(2)26(33-27(37)18(3)31)29(39)35-12-6-7-24(35)28(38)32-23(30(40)41)15-42-16-25(36)21-9-8-20-14-22(34(4)5)11-10-19(20)13-21/h8-11,13-14,17-18,23-24,26H,6-7,12,15-16,31H2,1-5H3,(H,32,38)(H,33,37)(H,40,41). The van der Waals surface area contributed by atoms with Crippen molar-refractivity contribution in [1.82, 2.24) is 15.5 Å². The Morgan fingerprint density at radius 3 is 2.33 bits per heavy atom. The molecule has 1 fully saturated rings. The van der Waals surface area contributed by atoms with Crippen LogP contribution >= 0.6 is 11.8 Å². The van der Waals surface area contributed by atoms with Crippen LogP contribution in [0.5, 0.6) is 0 Å². The summed E-state index contributed by atoms with van der Waals surface area (Å²) in [6.45, 7) is 5.40. The van der Waals surface area contributed by atoms with Gasteiger partial charge >= 0.3 is 5.97 Å². The zero-order chi connectivity index (χ0) is 31.1. The highest BCUT2D eigenvalue weighted by Crippen LogP contribution is 2.24. The van der Waals surface area contributed by atoms with Gasteiger partial charge in [-0.05, 0) is 54.7 Å². The highest BCUT2D eigenvalue weighted by Gasteiger charge is 2.39. The summed E-state index contributed by atoms with van der Waals surface area (Å²) in [5.41, 5.74) is 7.22. The van der Waals surface area contributed by atoms with E-state index in [9.17, 15) is 29.1 Å². The molecule has 1 heterocycles. The SMILES string of the molecule is CC(N)C(=O)NC(C(=O)N1CCCC1C(=O)NC(CSCC(=O)c1ccc2cc(N(C)C)ccc2c1)C(=O)O)C(C)C. The summed E-state index contributed by atoms with van der Waals surface area (Å²) in [5, 5.41) is 16.9. The molecule has 0 radical (unpaired) electrons. The first-order valence-electron chi connectivity index (χ1n) is 14.0. The highest BCUT2D eigenvalue weighted by molar-refractivity contribution is 8.00. The Morgan fingerprint density at radius 1 is 1.05 bits per heavy atom. The van der Waals surface area contributed by atoms with E-state index < -0.39 is 47.9 Å². The molecule has 0 aliphatic carbocycles. The number of carbonyl (C=O) groups is 5. The van der Waals surface area contributed by atoms with Crippen LogP contribution in [0.1, 0.15) is 44.0 Å². The minimum atomic E-state index is -1.24. The molecule has 4 atom stereocenters. The van der Waals surface area contributed by atoms with E-state index in [1.165, 1.54) is 11.8 Å². The van der Waals surface area contributed by atoms with Crippen molar-refractivity contribution >= 4 is 57.7 Å². The van der Waals surface area contributed by atoms with Crippen LogP contribution in [0.15, 0.2) is 36.4 Å². The second-order valence-corrected chi connectivity index (χ2v) is 12.2. The van der Waals surface area contributed by atoms with Gasteiger partial charge in [-0.2, -0.15) is 11.8 Å². The molecule has 1 saturated heterocycles. The van der Waals surface area contributed by atoms with E-state index in [4.69, 9.17) is 5.73 Å². The number of hydrogen-bond donors (Lipinski definition) is 4. The van der Waals surface area contributed by atoms with Crippen molar-refractivity contribution in [2.75, 3.05) is 37.0 Å². The third-order valence-electron chi connectivity index (χ3n) is 7.28. The van der Waals surface area contributed by atoms with Crippen molar-refractivity contribution < 1.29 is 29.1 Å². The highest BCUT2D eigenvalue weighted by atomic mass is 32.2. The number of hydrogen-bond acceptors (Lipinski definition) is 8. The molecule has 0 aromatic heterocycles. The van der Waals surface area contributed by atoms with Crippen LogP contribution in [-0.2, 0) is 19.2 Å². The molecule has 3 rings (SSSR count). The molecule has 12 heteroatoms. The van der Waals surface area contributed by atoms with Crippen molar-refractivity contribution in [3.63, 3.8) is 0 Å². The molecule has 1 aliphatic rings. The van der Waals surface area contributed by atoms with Gasteiger partial charge in [0, 0.05) is 37.6 Å². The largest absolute Gasteiger partial charge is 0.480 e. The molecule has 4 unspecified atom stereocenters. The maximum absolute atomic E-state index is 13.3. The summed E-state index contributed by atoms with van der Waals surface area (Å²) >= 11 is 1.12. The number of ketones is 1. The first kappa shape index (κ1) is 32.9. The van der Waals surface area contributed by atoms with E-state index in [1.54, 1.807) is 19.9 Å². The number of nitrogens with zero attached hydrogens (tertiary/aromatic N) is 2. The zero-order valence-electron chi connectivity index (χ0n) is 24.8. The van der Waals surface area contributed by atoms with Crippen LogP contribution in [0.3, 0.4) is 0 Å². The van der Waals surface area contributed by atoms with Gasteiger partial charge in [-0.3, -0.25) is 19.2 Å². The monoisotopic (exact) mass is 599 g/mol. The predicted molar refractivity (Wildman–Crippen MR) is 165 cm³/mol. The average Bonchev–Trinajstić information content (AvgIpc) is 3.44. The Balaban J connectivity index is 1.60. The Labute approximate surface area is 250 Å². The molecule has 0 spiro atoms. The van der Waals surface area contributed by atoms with Crippen molar-refractivity contribution in [2.45, 2.75) is 57.8 Å². The quantitative estimate of drug-likeness (QED) is 0.252. The van der Waals surface area contributed by atoms with Gasteiger partial charge in [0.1, 0.15) is 18.1 Å². The molecule has 11 nitrogen and oxygen atoms in total. The number of carbonyl (C=O) groups excluding carboxylic acids is 4. The molecule has 228 valence electrons. The first-order valence-corrected chi connectivity index (χ1v) is 15.2. The number of thioether (sulfide) groups is 1. The molecule has 2 aromatic rings. The summed E-state index contributed by atoms with van der Waals surface area (Å²) < 4.78 is 0. The number of aliphatic carboxylic acids is 1. The fraction of sp³-hybridized carbons (Fsp3) is 0.500. The minimum Gasteiger partial charge on any atom is -0.480 e. The third kappa shape index (κ3) is 8.22. The number of carboxylic acid groups (broad SMARTS) is 1. The van der Waals surface area contributed by atoms with Crippen molar-refractivity contribution in [3.05, 3.63) is 42.0 Å². The van der Waals surface area contributed by atoms with Crippen LogP contribution in [0.25, 0.3) is 10.8 Å². The lowest BCUT2D eigenvalue weighted by Gasteiger charge is -2.31. The summed E-state index contributed by atoms with van der Waals surface area (Å²) in [4.78, 5) is 66.9. The third-order valence-corrected chi connectivity index (χ3v) is 8.31. The Bertz CT molecular complexity index is 1330. The number of nitrogens with one attached hydrogen (secondary N) is 2. The lowest BCUT2D eigenvalue weighted by molar-refractivity contribution is -0.145. The van der Waals surface area contributed by atoms with E-state index >= 15 is 0 Å². The maximum atomic E-state index is 13.3. The maximum Gasteiger partial charge on any atom is 0.327 e. The second-order valence-electron chi connectivity index (χ2n) is 11.2. The van der Waals surface area contributed by atoms with Crippen LogP contribution in [0.4, 0.5) is 5.69 Å². The first-order chi connectivity index (χ1) is 19.8. The fourth-order valence-corrected chi connectivity index (χ4v) is 5.69. The van der Waals surface area contributed by atoms with Gasteiger partial charge in [0.25, 0.3) is 0 Å². The fourth-order valence-electron chi connectivity index (χ4n) is 4.76. The number of amides is 3. The van der Waals surface area contributed by atoms with Gasteiger partial charge < -0.3 is 31.3 Å². The molecule has 5 N–H and O–H groups in total. The second kappa shape index (κ2) is 14.5. The number of benzene rings is 2. The number of nitrogens with two attached hydrogens (primary N) is 1. The molecular formula is C30H41N5O6S. The Hall–Kier alpha value is -3.64. The lowest BCUT2D eigenvalue weighted by Crippen LogP contribution is -2.58. The number of Topliss-reactive ketones (excluding diaryl/α,β-unsaturated/α-hetero) is 1. The van der Waals surface area contributed by atoms with Crippen LogP contribution < -0.4 is 21.3 Å². The number of carboxylic acids is 1. The van der Waals surface area contributed by atoms with Gasteiger partial charge in [-0.25, -0.2) is 4.79 Å². The Morgan fingerprint density at radius 2 is 1.71 bits per heavy atom. The molecule has 0 bridgehead atoms.